The number of ether oxygens (including phenoxy) is 1. The summed E-state index contributed by atoms with van der Waals surface area (Å²) in [7, 11) is 1.86. The average Bonchev–Trinajstić information content (AvgIpc) is 2.62. The minimum absolute atomic E-state index is 0.0736. The van der Waals surface area contributed by atoms with E-state index in [4.69, 9.17) is 4.74 Å². The molecule has 0 aromatic heterocycles. The van der Waals surface area contributed by atoms with E-state index in [1.165, 1.54) is 0 Å². The van der Waals surface area contributed by atoms with Crippen LogP contribution in [0.3, 0.4) is 0 Å². The van der Waals surface area contributed by atoms with Gasteiger partial charge in [-0.05, 0) is 55.2 Å². The van der Waals surface area contributed by atoms with E-state index in [2.05, 4.69) is 11.4 Å². The van der Waals surface area contributed by atoms with Crippen LogP contribution in [0.5, 0.6) is 5.75 Å². The summed E-state index contributed by atoms with van der Waals surface area (Å²) >= 11 is 0. The lowest BCUT2D eigenvalue weighted by molar-refractivity contribution is 0.0784. The molecule has 1 aliphatic heterocycles. The monoisotopic (exact) mass is 324 g/mol. The Bertz CT molecular complexity index is 710. The lowest BCUT2D eigenvalue weighted by atomic mass is 9.97. The van der Waals surface area contributed by atoms with Crippen LogP contribution in [0.1, 0.15) is 34.8 Å². The molecule has 1 heterocycles. The number of rotatable bonds is 5. The second kappa shape index (κ2) is 7.39. The zero-order valence-electron chi connectivity index (χ0n) is 14.3. The van der Waals surface area contributed by atoms with E-state index in [0.717, 1.165) is 47.5 Å². The van der Waals surface area contributed by atoms with E-state index in [1.807, 2.05) is 50.4 Å². The van der Waals surface area contributed by atoms with Crippen LogP contribution < -0.4 is 10.1 Å². The van der Waals surface area contributed by atoms with Gasteiger partial charge in [-0.25, -0.2) is 0 Å². The standard InChI is InChI=1S/C20H24N2O2/c1-3-24-16-11-9-15(10-12-16)14-22(2)20(23)18-6-4-8-19-17(18)7-5-13-21-19/h4,6,8-12,21H,3,5,7,13-14H2,1-2H3. The second-order valence-corrected chi connectivity index (χ2v) is 6.10. The fourth-order valence-corrected chi connectivity index (χ4v) is 3.12. The minimum Gasteiger partial charge on any atom is -0.494 e. The Morgan fingerprint density at radius 2 is 2.00 bits per heavy atom. The number of benzene rings is 2. The molecule has 0 saturated carbocycles. The Kier molecular flexibility index (Phi) is 5.04. The zero-order chi connectivity index (χ0) is 16.9. The molecule has 2 aromatic carbocycles. The Labute approximate surface area is 143 Å². The molecule has 4 heteroatoms. The first-order valence-corrected chi connectivity index (χ1v) is 8.52. The summed E-state index contributed by atoms with van der Waals surface area (Å²) in [6.45, 7) is 4.19. The van der Waals surface area contributed by atoms with Crippen LogP contribution in [0.4, 0.5) is 5.69 Å². The highest BCUT2D eigenvalue weighted by molar-refractivity contribution is 5.97. The Hall–Kier alpha value is -2.49. The van der Waals surface area contributed by atoms with Crippen molar-refractivity contribution in [2.45, 2.75) is 26.3 Å². The van der Waals surface area contributed by atoms with E-state index in [-0.39, 0.29) is 5.91 Å². The van der Waals surface area contributed by atoms with E-state index in [9.17, 15) is 4.79 Å². The van der Waals surface area contributed by atoms with Gasteiger partial charge < -0.3 is 15.0 Å². The third-order valence-corrected chi connectivity index (χ3v) is 4.33. The van der Waals surface area contributed by atoms with Crippen LogP contribution in [0.25, 0.3) is 0 Å². The number of nitrogens with zero attached hydrogens (tertiary/aromatic N) is 1. The van der Waals surface area contributed by atoms with Crippen LogP contribution >= 0.6 is 0 Å². The number of hydrogen-bond acceptors (Lipinski definition) is 3. The van der Waals surface area contributed by atoms with Gasteiger partial charge in [0.05, 0.1) is 6.61 Å². The summed E-state index contributed by atoms with van der Waals surface area (Å²) in [6, 6.07) is 13.9. The Morgan fingerprint density at radius 1 is 1.21 bits per heavy atom. The van der Waals surface area contributed by atoms with Crippen molar-refractivity contribution in [3.63, 3.8) is 0 Å². The van der Waals surface area contributed by atoms with Gasteiger partial charge in [-0.2, -0.15) is 0 Å². The molecular formula is C20H24N2O2. The molecule has 1 aliphatic rings. The highest BCUT2D eigenvalue weighted by Crippen LogP contribution is 2.26. The van der Waals surface area contributed by atoms with Crippen molar-refractivity contribution in [3.05, 3.63) is 59.2 Å². The summed E-state index contributed by atoms with van der Waals surface area (Å²) in [5.41, 5.74) is 4.15. The smallest absolute Gasteiger partial charge is 0.254 e. The van der Waals surface area contributed by atoms with Crippen molar-refractivity contribution < 1.29 is 9.53 Å². The fourth-order valence-electron chi connectivity index (χ4n) is 3.12. The molecule has 0 unspecified atom stereocenters. The molecule has 126 valence electrons. The van der Waals surface area contributed by atoms with Crippen molar-refractivity contribution in [3.8, 4) is 5.75 Å². The molecule has 0 spiro atoms. The van der Waals surface area contributed by atoms with E-state index < -0.39 is 0 Å². The van der Waals surface area contributed by atoms with E-state index in [0.29, 0.717) is 13.2 Å². The minimum atomic E-state index is 0.0736. The van der Waals surface area contributed by atoms with Gasteiger partial charge in [-0.15, -0.1) is 0 Å². The van der Waals surface area contributed by atoms with E-state index in [1.54, 1.807) is 4.90 Å². The third-order valence-electron chi connectivity index (χ3n) is 4.33. The fraction of sp³-hybridized carbons (Fsp3) is 0.350. The van der Waals surface area contributed by atoms with Crippen molar-refractivity contribution in [2.24, 2.45) is 0 Å². The summed E-state index contributed by atoms with van der Waals surface area (Å²) in [4.78, 5) is 14.6. The number of hydrogen-bond donors (Lipinski definition) is 1. The predicted molar refractivity (Wildman–Crippen MR) is 96.7 cm³/mol. The Morgan fingerprint density at radius 3 is 2.75 bits per heavy atom. The lowest BCUT2D eigenvalue weighted by Gasteiger charge is -2.23. The summed E-state index contributed by atoms with van der Waals surface area (Å²) in [5.74, 6) is 0.933. The van der Waals surface area contributed by atoms with Gasteiger partial charge in [0.25, 0.3) is 5.91 Å². The first-order chi connectivity index (χ1) is 11.7. The predicted octanol–water partition coefficient (Wildman–Crippen LogP) is 3.72. The average molecular weight is 324 g/mol. The molecule has 0 saturated heterocycles. The van der Waals surface area contributed by atoms with Crippen LogP contribution in [-0.4, -0.2) is 31.0 Å². The zero-order valence-corrected chi connectivity index (χ0v) is 14.3. The molecule has 0 fully saturated rings. The molecule has 0 bridgehead atoms. The van der Waals surface area contributed by atoms with Crippen molar-refractivity contribution in [1.82, 2.24) is 4.90 Å². The molecule has 1 N–H and O–H groups in total. The van der Waals surface area contributed by atoms with Crippen LogP contribution in [0.2, 0.25) is 0 Å². The van der Waals surface area contributed by atoms with Gasteiger partial charge in [-0.1, -0.05) is 18.2 Å². The van der Waals surface area contributed by atoms with Gasteiger partial charge >= 0.3 is 0 Å². The van der Waals surface area contributed by atoms with Crippen molar-refractivity contribution in [2.75, 3.05) is 25.5 Å². The SMILES string of the molecule is CCOc1ccc(CN(C)C(=O)c2cccc3c2CCCN3)cc1. The highest BCUT2D eigenvalue weighted by atomic mass is 16.5. The number of fused-ring (bicyclic) bond motifs is 1. The van der Waals surface area contributed by atoms with Gasteiger partial charge in [-0.3, -0.25) is 4.79 Å². The number of amides is 1. The maximum Gasteiger partial charge on any atom is 0.254 e. The molecule has 24 heavy (non-hydrogen) atoms. The van der Waals surface area contributed by atoms with Gasteiger partial charge in [0.2, 0.25) is 0 Å². The first kappa shape index (κ1) is 16.4. The quantitative estimate of drug-likeness (QED) is 0.911. The maximum absolute atomic E-state index is 12.9. The third kappa shape index (κ3) is 3.53. The van der Waals surface area contributed by atoms with Crippen LogP contribution in [-0.2, 0) is 13.0 Å². The lowest BCUT2D eigenvalue weighted by Crippen LogP contribution is -2.28. The topological polar surface area (TPSA) is 41.6 Å². The molecule has 0 radical (unpaired) electrons. The van der Waals surface area contributed by atoms with Crippen molar-refractivity contribution >= 4 is 11.6 Å². The largest absolute Gasteiger partial charge is 0.494 e. The number of carbonyl (C=O) groups is 1. The normalized spacial score (nSPS) is 12.9. The molecule has 0 atom stereocenters. The van der Waals surface area contributed by atoms with Crippen molar-refractivity contribution in [1.29, 1.82) is 0 Å². The molecular weight excluding hydrogens is 300 g/mol. The summed E-state index contributed by atoms with van der Waals surface area (Å²) in [5, 5.41) is 3.38. The number of carbonyl (C=O) groups excluding carboxylic acids is 1. The summed E-state index contributed by atoms with van der Waals surface area (Å²) in [6.07, 6.45) is 2.03. The molecule has 3 rings (SSSR count). The van der Waals surface area contributed by atoms with Crippen LogP contribution in [0, 0.1) is 0 Å². The number of anilines is 1. The molecule has 2 aromatic rings. The molecule has 1 amide bonds. The summed E-state index contributed by atoms with van der Waals surface area (Å²) < 4.78 is 5.46. The first-order valence-electron chi connectivity index (χ1n) is 8.52. The second-order valence-electron chi connectivity index (χ2n) is 6.10. The number of nitrogens with one attached hydrogen (secondary N) is 1. The van der Waals surface area contributed by atoms with Gasteiger partial charge in [0.15, 0.2) is 0 Å². The maximum atomic E-state index is 12.9. The van der Waals surface area contributed by atoms with Gasteiger partial charge in [0.1, 0.15) is 5.75 Å². The highest BCUT2D eigenvalue weighted by Gasteiger charge is 2.20. The van der Waals surface area contributed by atoms with E-state index >= 15 is 0 Å². The van der Waals surface area contributed by atoms with Gasteiger partial charge in [0, 0.05) is 31.4 Å². The molecule has 4 nitrogen and oxygen atoms in total. The van der Waals surface area contributed by atoms with Crippen LogP contribution in [0.15, 0.2) is 42.5 Å². The Balaban J connectivity index is 1.73. The molecule has 0 aliphatic carbocycles.